The van der Waals surface area contributed by atoms with E-state index in [2.05, 4.69) is 116 Å². The van der Waals surface area contributed by atoms with Gasteiger partial charge in [-0.2, -0.15) is 0 Å². The normalized spacial score (nSPS) is 11.9. The van der Waals surface area contributed by atoms with Gasteiger partial charge in [-0.3, -0.25) is 4.79 Å². The second-order valence-electron chi connectivity index (χ2n) is 9.74. The molecule has 0 saturated heterocycles. The van der Waals surface area contributed by atoms with Gasteiger partial charge in [0.15, 0.2) is 5.78 Å². The van der Waals surface area contributed by atoms with E-state index in [0.29, 0.717) is 6.42 Å². The minimum atomic E-state index is -0.586. The van der Waals surface area contributed by atoms with Gasteiger partial charge >= 0.3 is 0 Å². The molecule has 1 aromatic heterocycles. The van der Waals surface area contributed by atoms with Gasteiger partial charge in [-0.25, -0.2) is 0 Å². The highest BCUT2D eigenvalue weighted by Gasteiger charge is 2.21. The van der Waals surface area contributed by atoms with Gasteiger partial charge in [0.2, 0.25) is 0 Å². The Labute approximate surface area is 218 Å². The molecule has 4 heteroatoms. The summed E-state index contributed by atoms with van der Waals surface area (Å²) in [4.78, 5) is 15.2. The zero-order valence-electron chi connectivity index (χ0n) is 21.8. The van der Waals surface area contributed by atoms with Crippen molar-refractivity contribution in [1.29, 1.82) is 0 Å². The topological polar surface area (TPSA) is 46.3 Å². The predicted octanol–water partition coefficient (Wildman–Crippen LogP) is 8.58. The van der Waals surface area contributed by atoms with Crippen LogP contribution < -0.4 is 10.6 Å². The van der Waals surface area contributed by atoms with Gasteiger partial charge in [0.25, 0.3) is 0 Å². The van der Waals surface area contributed by atoms with E-state index in [0.717, 1.165) is 52.3 Å². The number of carbonyl (C=O) groups is 1. The Bertz CT molecular complexity index is 1220. The summed E-state index contributed by atoms with van der Waals surface area (Å²) in [5.41, 5.74) is 15.4. The van der Waals surface area contributed by atoms with Gasteiger partial charge in [0.05, 0.1) is 11.7 Å². The van der Waals surface area contributed by atoms with Crippen molar-refractivity contribution in [3.05, 3.63) is 111 Å². The zero-order chi connectivity index (χ0) is 25.7. The van der Waals surface area contributed by atoms with Gasteiger partial charge in [-0.1, -0.05) is 47.5 Å². The van der Waals surface area contributed by atoms with Crippen LogP contribution in [-0.2, 0) is 10.5 Å². The summed E-state index contributed by atoms with van der Waals surface area (Å²) in [5.74, 6) is 1.24. The Kier molecular flexibility index (Phi) is 8.40. The summed E-state index contributed by atoms with van der Waals surface area (Å²) in [6, 6.07) is 25.0. The molecule has 0 aliphatic carbocycles. The van der Waals surface area contributed by atoms with E-state index in [1.54, 1.807) is 0 Å². The van der Waals surface area contributed by atoms with E-state index >= 15 is 0 Å². The van der Waals surface area contributed by atoms with Crippen molar-refractivity contribution in [2.45, 2.75) is 58.8 Å². The Morgan fingerprint density at radius 1 is 0.806 bits per heavy atom. The lowest BCUT2D eigenvalue weighted by Gasteiger charge is -2.30. The number of nitrogens with zero attached hydrogens (tertiary/aromatic N) is 1. The Hall–Kier alpha value is -3.21. The molecule has 0 radical (unpaired) electrons. The first kappa shape index (κ1) is 25.9. The number of ketones is 1. The number of carbonyl (C=O) groups excluding carboxylic acids is 1. The van der Waals surface area contributed by atoms with E-state index in [4.69, 9.17) is 5.73 Å². The van der Waals surface area contributed by atoms with Gasteiger partial charge < -0.3 is 10.6 Å². The fraction of sp³-hybridized carbons (Fsp3) is 0.281. The minimum Gasteiger partial charge on any atom is -0.318 e. The average molecular weight is 498 g/mol. The van der Waals surface area contributed by atoms with E-state index in [-0.39, 0.29) is 16.3 Å². The fourth-order valence-corrected chi connectivity index (χ4v) is 6.19. The summed E-state index contributed by atoms with van der Waals surface area (Å²) < 4.78 is 0. The summed E-state index contributed by atoms with van der Waals surface area (Å²) >= 11 is 0. The number of nitrogens with two attached hydrogens (primary N) is 1. The lowest BCUT2D eigenvalue weighted by molar-refractivity contribution is -0.120. The molecular weight excluding hydrogens is 460 g/mol. The Morgan fingerprint density at radius 3 is 1.81 bits per heavy atom. The Morgan fingerprint density at radius 2 is 1.31 bits per heavy atom. The van der Waals surface area contributed by atoms with Gasteiger partial charge in [0.1, 0.15) is 16.5 Å². The monoisotopic (exact) mass is 497 g/mol. The third-order valence-electron chi connectivity index (χ3n) is 6.70. The van der Waals surface area contributed by atoms with Crippen LogP contribution in [0.15, 0.2) is 83.6 Å². The molecule has 36 heavy (non-hydrogen) atoms. The molecule has 4 rings (SSSR count). The molecule has 3 nitrogen and oxygen atoms in total. The molecule has 0 amide bonds. The van der Waals surface area contributed by atoms with Crippen molar-refractivity contribution in [3.8, 4) is 0 Å². The standard InChI is InChI=1S/C32H37N2OS/c1-23-10-14-28(15-11-23)34(29-16-12-24(2)13-17-29)32-25(3)21-27(22-26(32)4)31(33)30(35)9-5-6-18-36-19-7-8-20-36/h7-8,10-17,19-22,31H,5-6,9,18,33H2,1-4H3/q+1. The van der Waals surface area contributed by atoms with Crippen molar-refractivity contribution in [2.24, 2.45) is 5.73 Å². The highest BCUT2D eigenvalue weighted by atomic mass is 32.2. The van der Waals surface area contributed by atoms with E-state index in [9.17, 15) is 4.79 Å². The van der Waals surface area contributed by atoms with Crippen molar-refractivity contribution in [2.75, 3.05) is 4.90 Å². The van der Waals surface area contributed by atoms with E-state index in [1.165, 1.54) is 11.1 Å². The lowest BCUT2D eigenvalue weighted by atomic mass is 9.94. The molecule has 0 aliphatic rings. The SMILES string of the molecule is Cc1ccc(N(c2ccc(C)cc2)c2c(C)cc(C(N)C(=O)CCCC[s+]3cccc3)cc2C)cc1. The smallest absolute Gasteiger partial charge is 0.154 e. The van der Waals surface area contributed by atoms with Crippen LogP contribution in [0.2, 0.25) is 0 Å². The molecule has 1 heterocycles. The quantitative estimate of drug-likeness (QED) is 0.176. The largest absolute Gasteiger partial charge is 0.318 e. The molecule has 2 N–H and O–H groups in total. The first-order chi connectivity index (χ1) is 17.3. The first-order valence-electron chi connectivity index (χ1n) is 12.7. The molecule has 3 aromatic carbocycles. The predicted molar refractivity (Wildman–Crippen MR) is 155 cm³/mol. The van der Waals surface area contributed by atoms with Crippen LogP contribution in [0.3, 0.4) is 0 Å². The molecular formula is C32H37N2OS+. The summed E-state index contributed by atoms with van der Waals surface area (Å²) in [7, 11) is 0.255. The first-order valence-corrected chi connectivity index (χ1v) is 14.2. The van der Waals surface area contributed by atoms with Crippen LogP contribution in [0.5, 0.6) is 0 Å². The summed E-state index contributed by atoms with van der Waals surface area (Å²) in [5, 5.41) is 4.49. The van der Waals surface area contributed by atoms with Crippen LogP contribution in [0, 0.1) is 27.7 Å². The average Bonchev–Trinajstić information content (AvgIpc) is 3.38. The summed E-state index contributed by atoms with van der Waals surface area (Å²) in [6.45, 7) is 8.43. The van der Waals surface area contributed by atoms with Gasteiger partial charge in [-0.05, 0) is 104 Å². The molecule has 0 spiro atoms. The van der Waals surface area contributed by atoms with E-state index in [1.807, 2.05) is 0 Å². The number of aryl methyl sites for hydroxylation is 5. The van der Waals surface area contributed by atoms with Gasteiger partial charge in [0, 0.05) is 17.8 Å². The lowest BCUT2D eigenvalue weighted by Crippen LogP contribution is -2.22. The van der Waals surface area contributed by atoms with Crippen LogP contribution in [0.1, 0.15) is 53.1 Å². The minimum absolute atomic E-state index is 0.122. The van der Waals surface area contributed by atoms with Crippen LogP contribution in [0.4, 0.5) is 17.1 Å². The number of hydrogen-bond acceptors (Lipinski definition) is 3. The number of thiophene rings is 1. The van der Waals surface area contributed by atoms with Crippen molar-refractivity contribution >= 4 is 33.3 Å². The van der Waals surface area contributed by atoms with Crippen molar-refractivity contribution < 1.29 is 4.79 Å². The maximum Gasteiger partial charge on any atom is 0.154 e. The highest BCUT2D eigenvalue weighted by Crippen LogP contribution is 2.40. The molecule has 186 valence electrons. The number of unbranched alkanes of at least 4 members (excludes halogenated alkanes) is 1. The Balaban J connectivity index is 1.57. The number of rotatable bonds is 10. The van der Waals surface area contributed by atoms with Crippen LogP contribution >= 0.6 is 10.5 Å². The number of benzene rings is 3. The second kappa shape index (κ2) is 11.7. The van der Waals surface area contributed by atoms with E-state index < -0.39 is 6.04 Å². The molecule has 0 saturated carbocycles. The molecule has 1 unspecified atom stereocenters. The van der Waals surface area contributed by atoms with Crippen molar-refractivity contribution in [3.63, 3.8) is 0 Å². The summed E-state index contributed by atoms with van der Waals surface area (Å²) in [6.07, 6.45) is 2.47. The number of hydrogen-bond donors (Lipinski definition) is 1. The highest BCUT2D eigenvalue weighted by molar-refractivity contribution is 7.27. The third kappa shape index (κ3) is 6.13. The molecule has 1 atom stereocenters. The molecule has 4 aromatic rings. The fourth-order valence-electron chi connectivity index (χ4n) is 4.70. The molecule has 0 fully saturated rings. The van der Waals surface area contributed by atoms with Crippen LogP contribution in [-0.4, -0.2) is 5.78 Å². The van der Waals surface area contributed by atoms with Gasteiger partial charge in [-0.15, -0.1) is 0 Å². The number of anilines is 3. The second-order valence-corrected chi connectivity index (χ2v) is 11.6. The van der Waals surface area contributed by atoms with Crippen molar-refractivity contribution in [1.82, 2.24) is 0 Å². The third-order valence-corrected chi connectivity index (χ3v) is 8.47. The molecule has 0 aliphatic heterocycles. The zero-order valence-corrected chi connectivity index (χ0v) is 22.6. The maximum absolute atomic E-state index is 12.9. The number of Topliss-reactive ketones (excluding diaryl/α,β-unsaturated/α-hetero) is 1. The van der Waals surface area contributed by atoms with Crippen LogP contribution in [0.25, 0.3) is 0 Å². The molecule has 0 bridgehead atoms. The maximum atomic E-state index is 12.9.